The van der Waals surface area contributed by atoms with E-state index >= 15 is 0 Å². The second-order valence-electron chi connectivity index (χ2n) is 10.6. The van der Waals surface area contributed by atoms with Crippen molar-refractivity contribution < 1.29 is 0 Å². The number of hydrogen-bond donors (Lipinski definition) is 0. The summed E-state index contributed by atoms with van der Waals surface area (Å²) >= 11 is 10.3. The van der Waals surface area contributed by atoms with Crippen LogP contribution in [0.25, 0.3) is 85.0 Å². The van der Waals surface area contributed by atoms with Gasteiger partial charge >= 0.3 is 0 Å². The Morgan fingerprint density at radius 3 is 1.98 bits per heavy atom. The molecule has 3 heterocycles. The highest BCUT2D eigenvalue weighted by atomic mass is 35.5. The molecule has 0 saturated heterocycles. The van der Waals surface area contributed by atoms with Crippen molar-refractivity contribution in [3.05, 3.63) is 127 Å². The van der Waals surface area contributed by atoms with E-state index in [1.165, 1.54) is 46.4 Å². The fourth-order valence-electron chi connectivity index (χ4n) is 6.06. The number of thiophene rings is 2. The highest BCUT2D eigenvalue weighted by Crippen LogP contribution is 2.43. The van der Waals surface area contributed by atoms with Crippen molar-refractivity contribution in [1.29, 1.82) is 0 Å². The summed E-state index contributed by atoms with van der Waals surface area (Å²) in [5.41, 5.74) is 4.06. The van der Waals surface area contributed by atoms with Crippen molar-refractivity contribution in [3.8, 4) is 33.9 Å². The molecule has 0 aliphatic carbocycles. The van der Waals surface area contributed by atoms with Gasteiger partial charge < -0.3 is 0 Å². The van der Waals surface area contributed by atoms with Gasteiger partial charge in [-0.3, -0.25) is 0 Å². The summed E-state index contributed by atoms with van der Waals surface area (Å²) in [6.07, 6.45) is 0. The number of hydrogen-bond acceptors (Lipinski definition) is 5. The zero-order chi connectivity index (χ0) is 28.5. The van der Waals surface area contributed by atoms with Gasteiger partial charge in [0.1, 0.15) is 0 Å². The standard InChI is InChI=1S/C37H20ClN3S2/c38-37-40-35(26-15-8-14-25-28-17-22-11-4-5-12-23(22)18-32(28)43-34(25)26)39-36(41-37)30-19-29-24-13-6-7-16-31(24)42-33(29)20-27(30)21-9-2-1-3-10-21/h1-20H. The molecule has 6 aromatic carbocycles. The maximum absolute atomic E-state index is 6.68. The Morgan fingerprint density at radius 1 is 0.442 bits per heavy atom. The van der Waals surface area contributed by atoms with E-state index in [2.05, 4.69) is 120 Å². The summed E-state index contributed by atoms with van der Waals surface area (Å²) in [4.78, 5) is 14.5. The lowest BCUT2D eigenvalue weighted by Gasteiger charge is -2.12. The molecule has 0 aliphatic rings. The smallest absolute Gasteiger partial charge is 0.208 e. The Balaban J connectivity index is 1.29. The van der Waals surface area contributed by atoms with Crippen LogP contribution in [0.2, 0.25) is 5.28 Å². The average molecular weight is 606 g/mol. The van der Waals surface area contributed by atoms with Gasteiger partial charge in [-0.25, -0.2) is 4.98 Å². The average Bonchev–Trinajstić information content (AvgIpc) is 3.60. The van der Waals surface area contributed by atoms with Crippen LogP contribution >= 0.6 is 34.3 Å². The van der Waals surface area contributed by atoms with Crippen molar-refractivity contribution in [2.45, 2.75) is 0 Å². The second-order valence-corrected chi connectivity index (χ2v) is 13.1. The lowest BCUT2D eigenvalue weighted by molar-refractivity contribution is 1.07. The number of aromatic nitrogens is 3. The molecule has 6 heteroatoms. The highest BCUT2D eigenvalue weighted by Gasteiger charge is 2.19. The Bertz CT molecular complexity index is 2530. The van der Waals surface area contributed by atoms with Gasteiger partial charge in [-0.1, -0.05) is 84.9 Å². The first-order valence-corrected chi connectivity index (χ1v) is 16.0. The van der Waals surface area contributed by atoms with Crippen LogP contribution in [0.15, 0.2) is 121 Å². The van der Waals surface area contributed by atoms with E-state index in [1.807, 2.05) is 6.07 Å². The topological polar surface area (TPSA) is 38.7 Å². The molecule has 0 spiro atoms. The molecule has 0 unspecified atom stereocenters. The number of rotatable bonds is 3. The van der Waals surface area contributed by atoms with E-state index in [9.17, 15) is 0 Å². The highest BCUT2D eigenvalue weighted by molar-refractivity contribution is 7.26. The molecule has 3 aromatic heterocycles. The fourth-order valence-corrected chi connectivity index (χ4v) is 8.59. The summed E-state index contributed by atoms with van der Waals surface area (Å²) in [6.45, 7) is 0. The minimum Gasteiger partial charge on any atom is -0.208 e. The Hall–Kier alpha value is -4.68. The summed E-state index contributed by atoms with van der Waals surface area (Å²) in [7, 11) is 0. The summed E-state index contributed by atoms with van der Waals surface area (Å²) in [5.74, 6) is 1.14. The van der Waals surface area contributed by atoms with E-state index in [4.69, 9.17) is 21.6 Å². The van der Waals surface area contributed by atoms with Crippen LogP contribution in [-0.4, -0.2) is 15.0 Å². The first kappa shape index (κ1) is 24.9. The van der Waals surface area contributed by atoms with Gasteiger partial charge in [-0.05, 0) is 69.9 Å². The molecular formula is C37H20ClN3S2. The van der Waals surface area contributed by atoms with Gasteiger partial charge in [0.05, 0.1) is 0 Å². The molecule has 9 aromatic rings. The molecule has 202 valence electrons. The zero-order valence-electron chi connectivity index (χ0n) is 22.6. The Morgan fingerprint density at radius 2 is 1.12 bits per heavy atom. The first-order chi connectivity index (χ1) is 21.2. The van der Waals surface area contributed by atoms with Gasteiger partial charge in [0.15, 0.2) is 11.6 Å². The van der Waals surface area contributed by atoms with Crippen molar-refractivity contribution in [2.75, 3.05) is 0 Å². The van der Waals surface area contributed by atoms with Crippen LogP contribution in [0.5, 0.6) is 0 Å². The SMILES string of the molecule is Clc1nc(-c2cc3c(cc2-c2ccccc2)sc2ccccc23)nc(-c2cccc3c2sc2cc4ccccc4cc23)n1. The minimum atomic E-state index is 0.179. The predicted molar refractivity (Wildman–Crippen MR) is 184 cm³/mol. The van der Waals surface area contributed by atoms with Gasteiger partial charge in [0, 0.05) is 51.5 Å². The van der Waals surface area contributed by atoms with E-state index < -0.39 is 0 Å². The van der Waals surface area contributed by atoms with Crippen LogP contribution < -0.4 is 0 Å². The van der Waals surface area contributed by atoms with Crippen LogP contribution in [0, 0.1) is 0 Å². The molecule has 0 aliphatic heterocycles. The van der Waals surface area contributed by atoms with Crippen molar-refractivity contribution >= 4 is 85.4 Å². The molecule has 0 fully saturated rings. The Kier molecular flexibility index (Phi) is 5.60. The number of fused-ring (bicyclic) bond motifs is 7. The monoisotopic (exact) mass is 605 g/mol. The van der Waals surface area contributed by atoms with E-state index in [1.54, 1.807) is 22.7 Å². The maximum Gasteiger partial charge on any atom is 0.226 e. The maximum atomic E-state index is 6.68. The van der Waals surface area contributed by atoms with Crippen molar-refractivity contribution in [2.24, 2.45) is 0 Å². The molecule has 0 N–H and O–H groups in total. The van der Waals surface area contributed by atoms with Gasteiger partial charge in [0.2, 0.25) is 5.28 Å². The molecule has 0 saturated carbocycles. The molecule has 3 nitrogen and oxygen atoms in total. The fraction of sp³-hybridized carbons (Fsp3) is 0. The third kappa shape index (κ3) is 4.04. The molecule has 9 rings (SSSR count). The van der Waals surface area contributed by atoms with Gasteiger partial charge in [-0.2, -0.15) is 9.97 Å². The molecule has 43 heavy (non-hydrogen) atoms. The minimum absolute atomic E-state index is 0.179. The summed E-state index contributed by atoms with van der Waals surface area (Å²) < 4.78 is 4.87. The van der Waals surface area contributed by atoms with Gasteiger partial charge in [0.25, 0.3) is 0 Å². The summed E-state index contributed by atoms with van der Waals surface area (Å²) in [6, 6.07) is 42.8. The van der Waals surface area contributed by atoms with Crippen LogP contribution in [0.3, 0.4) is 0 Å². The number of halogens is 1. The molecule has 0 radical (unpaired) electrons. The van der Waals surface area contributed by atoms with E-state index in [0.717, 1.165) is 27.0 Å². The Labute approximate surface area is 259 Å². The lowest BCUT2D eigenvalue weighted by atomic mass is 9.97. The predicted octanol–water partition coefficient (Wildman–Crippen LogP) is 11.4. The van der Waals surface area contributed by atoms with Gasteiger partial charge in [-0.15, -0.1) is 22.7 Å². The summed E-state index contributed by atoms with van der Waals surface area (Å²) in [5, 5.41) is 7.49. The van der Waals surface area contributed by atoms with E-state index in [-0.39, 0.29) is 5.28 Å². The van der Waals surface area contributed by atoms with E-state index in [0.29, 0.717) is 11.6 Å². The second kappa shape index (κ2) is 9.68. The number of benzene rings is 6. The van der Waals surface area contributed by atoms with Crippen LogP contribution in [0.1, 0.15) is 0 Å². The lowest BCUT2D eigenvalue weighted by Crippen LogP contribution is -1.98. The third-order valence-electron chi connectivity index (χ3n) is 8.06. The first-order valence-electron chi connectivity index (χ1n) is 14.0. The van der Waals surface area contributed by atoms with Crippen LogP contribution in [-0.2, 0) is 0 Å². The van der Waals surface area contributed by atoms with Crippen molar-refractivity contribution in [1.82, 2.24) is 15.0 Å². The molecule has 0 atom stereocenters. The molecule has 0 amide bonds. The normalized spacial score (nSPS) is 11.8. The number of nitrogens with zero attached hydrogens (tertiary/aromatic N) is 3. The molecular weight excluding hydrogens is 586 g/mol. The third-order valence-corrected chi connectivity index (χ3v) is 10.6. The van der Waals surface area contributed by atoms with Crippen LogP contribution in [0.4, 0.5) is 0 Å². The quantitative estimate of drug-likeness (QED) is 0.201. The largest absolute Gasteiger partial charge is 0.226 e. The molecule has 0 bridgehead atoms. The zero-order valence-corrected chi connectivity index (χ0v) is 25.0. The van der Waals surface area contributed by atoms with Crippen molar-refractivity contribution in [3.63, 3.8) is 0 Å².